The number of rotatable bonds is 5. The lowest BCUT2D eigenvalue weighted by molar-refractivity contribution is -0.141. The summed E-state index contributed by atoms with van der Waals surface area (Å²) in [5.74, 6) is -0.983. The van der Waals surface area contributed by atoms with Crippen molar-refractivity contribution in [2.24, 2.45) is 0 Å². The van der Waals surface area contributed by atoms with Crippen molar-refractivity contribution in [3.63, 3.8) is 0 Å². The van der Waals surface area contributed by atoms with Crippen LogP contribution in [0.15, 0.2) is 48.0 Å². The van der Waals surface area contributed by atoms with Crippen molar-refractivity contribution in [2.75, 3.05) is 14.2 Å². The second-order valence-electron chi connectivity index (χ2n) is 7.74. The number of aliphatic hydroxyl groups is 1. The van der Waals surface area contributed by atoms with Crippen LogP contribution in [0.1, 0.15) is 42.9 Å². The lowest BCUT2D eigenvalue weighted by Gasteiger charge is -2.30. The monoisotopic (exact) mass is 441 g/mol. The molecule has 162 valence electrons. The third-order valence-electron chi connectivity index (χ3n) is 6.04. The summed E-state index contributed by atoms with van der Waals surface area (Å²) in [5.41, 5.74) is 1.06. The van der Waals surface area contributed by atoms with Gasteiger partial charge in [-0.15, -0.1) is 0 Å². The van der Waals surface area contributed by atoms with Gasteiger partial charge in [-0.3, -0.25) is 9.59 Å². The van der Waals surface area contributed by atoms with E-state index in [2.05, 4.69) is 0 Å². The molecule has 7 heteroatoms. The van der Waals surface area contributed by atoms with Crippen molar-refractivity contribution in [3.8, 4) is 11.5 Å². The van der Waals surface area contributed by atoms with Gasteiger partial charge in [0, 0.05) is 12.1 Å². The molecule has 2 aliphatic rings. The first-order chi connectivity index (χ1) is 15.0. The van der Waals surface area contributed by atoms with Gasteiger partial charge in [0.15, 0.2) is 0 Å². The normalized spacial score (nSPS) is 21.0. The zero-order valence-corrected chi connectivity index (χ0v) is 18.2. The van der Waals surface area contributed by atoms with Gasteiger partial charge in [-0.2, -0.15) is 0 Å². The Bertz CT molecular complexity index is 1040. The molecule has 1 saturated carbocycles. The molecule has 1 aliphatic heterocycles. The van der Waals surface area contributed by atoms with Gasteiger partial charge in [-0.25, -0.2) is 0 Å². The van der Waals surface area contributed by atoms with Crippen molar-refractivity contribution in [2.45, 2.75) is 37.8 Å². The van der Waals surface area contributed by atoms with Gasteiger partial charge in [0.2, 0.25) is 0 Å². The third kappa shape index (κ3) is 3.65. The summed E-state index contributed by atoms with van der Waals surface area (Å²) in [5, 5.41) is 11.6. The Hall–Kier alpha value is -2.99. The lowest BCUT2D eigenvalue weighted by Crippen LogP contribution is -2.37. The van der Waals surface area contributed by atoms with E-state index in [-0.39, 0.29) is 28.7 Å². The lowest BCUT2D eigenvalue weighted by atomic mass is 9.94. The highest BCUT2D eigenvalue weighted by Crippen LogP contribution is 2.45. The molecule has 0 spiro atoms. The molecule has 0 aromatic heterocycles. The van der Waals surface area contributed by atoms with E-state index in [9.17, 15) is 14.7 Å². The number of Topliss-reactive ketones (excluding diaryl/α,β-unsaturated/α-hetero) is 1. The Kier molecular flexibility index (Phi) is 5.92. The summed E-state index contributed by atoms with van der Waals surface area (Å²) in [6, 6.07) is 11.6. The zero-order valence-electron chi connectivity index (χ0n) is 17.4. The van der Waals surface area contributed by atoms with Gasteiger partial charge >= 0.3 is 0 Å². The van der Waals surface area contributed by atoms with Crippen molar-refractivity contribution in [1.29, 1.82) is 0 Å². The Morgan fingerprint density at radius 3 is 2.29 bits per heavy atom. The van der Waals surface area contributed by atoms with Gasteiger partial charge in [0.05, 0.1) is 36.4 Å². The maximum atomic E-state index is 13.2. The predicted molar refractivity (Wildman–Crippen MR) is 117 cm³/mol. The highest BCUT2D eigenvalue weighted by atomic mass is 35.5. The van der Waals surface area contributed by atoms with Crippen LogP contribution in [0.3, 0.4) is 0 Å². The molecule has 1 saturated heterocycles. The number of carbonyl (C=O) groups is 2. The topological polar surface area (TPSA) is 76.1 Å². The Labute approximate surface area is 186 Å². The molecule has 1 atom stereocenters. The van der Waals surface area contributed by atoms with Crippen LogP contribution in [-0.2, 0) is 9.59 Å². The SMILES string of the molecule is COc1cc(/C(O)=C2\C(=O)C(=O)N(C3CCCC3)C2c2ccccc2)c(OC)cc1Cl. The molecular weight excluding hydrogens is 418 g/mol. The standard InChI is InChI=1S/C24H24ClNO5/c1-30-18-13-17(25)19(31-2)12-16(18)22(27)20-21(14-8-4-3-5-9-14)26(24(29)23(20)28)15-10-6-7-11-15/h3-5,8-9,12-13,15,21,27H,6-7,10-11H2,1-2H3/b22-20+. The molecule has 31 heavy (non-hydrogen) atoms. The van der Waals surface area contributed by atoms with E-state index in [4.69, 9.17) is 21.1 Å². The fraction of sp³-hybridized carbons (Fsp3) is 0.333. The second kappa shape index (κ2) is 8.63. The minimum absolute atomic E-state index is 0.0337. The average molecular weight is 442 g/mol. The van der Waals surface area contributed by atoms with Gasteiger partial charge in [0.1, 0.15) is 17.3 Å². The van der Waals surface area contributed by atoms with Crippen molar-refractivity contribution >= 4 is 29.1 Å². The number of carbonyl (C=O) groups excluding carboxylic acids is 2. The molecular formula is C24H24ClNO5. The van der Waals surface area contributed by atoms with Crippen molar-refractivity contribution in [1.82, 2.24) is 4.90 Å². The van der Waals surface area contributed by atoms with Crippen LogP contribution >= 0.6 is 11.6 Å². The number of aliphatic hydroxyl groups excluding tert-OH is 1. The van der Waals surface area contributed by atoms with E-state index in [0.29, 0.717) is 10.8 Å². The van der Waals surface area contributed by atoms with Crippen LogP contribution in [-0.4, -0.2) is 42.0 Å². The first-order valence-electron chi connectivity index (χ1n) is 10.2. The van der Waals surface area contributed by atoms with Crippen LogP contribution in [0.5, 0.6) is 11.5 Å². The summed E-state index contributed by atoms with van der Waals surface area (Å²) in [4.78, 5) is 27.9. The fourth-order valence-corrected chi connectivity index (χ4v) is 4.79. The van der Waals surface area contributed by atoms with Crippen LogP contribution in [0.25, 0.3) is 5.76 Å². The quantitative estimate of drug-likeness (QED) is 0.412. The highest BCUT2D eigenvalue weighted by molar-refractivity contribution is 6.46. The number of amides is 1. The maximum Gasteiger partial charge on any atom is 0.295 e. The highest BCUT2D eigenvalue weighted by Gasteiger charge is 2.49. The van der Waals surface area contributed by atoms with E-state index >= 15 is 0 Å². The van der Waals surface area contributed by atoms with E-state index in [0.717, 1.165) is 31.2 Å². The first-order valence-corrected chi connectivity index (χ1v) is 10.6. The summed E-state index contributed by atoms with van der Waals surface area (Å²) in [7, 11) is 2.90. The van der Waals surface area contributed by atoms with Crippen molar-refractivity contribution in [3.05, 3.63) is 64.2 Å². The molecule has 1 amide bonds. The molecule has 1 heterocycles. The molecule has 6 nitrogen and oxygen atoms in total. The number of ketones is 1. The number of benzene rings is 2. The number of halogens is 1. The van der Waals surface area contributed by atoms with Gasteiger partial charge in [0.25, 0.3) is 11.7 Å². The van der Waals surface area contributed by atoms with Crippen molar-refractivity contribution < 1.29 is 24.2 Å². The molecule has 2 aromatic rings. The number of methoxy groups -OCH3 is 2. The molecule has 1 unspecified atom stereocenters. The Morgan fingerprint density at radius 2 is 1.68 bits per heavy atom. The number of ether oxygens (including phenoxy) is 2. The largest absolute Gasteiger partial charge is 0.507 e. The van der Waals surface area contributed by atoms with Gasteiger partial charge in [-0.05, 0) is 24.5 Å². The second-order valence-corrected chi connectivity index (χ2v) is 8.15. The van der Waals surface area contributed by atoms with Gasteiger partial charge < -0.3 is 19.5 Å². The van der Waals surface area contributed by atoms with Crippen LogP contribution in [0.4, 0.5) is 0 Å². The molecule has 1 N–H and O–H groups in total. The Balaban J connectivity index is 1.93. The van der Waals surface area contributed by atoms with Crippen LogP contribution in [0, 0.1) is 0 Å². The van der Waals surface area contributed by atoms with Crippen LogP contribution in [0.2, 0.25) is 5.02 Å². The predicted octanol–water partition coefficient (Wildman–Crippen LogP) is 4.72. The van der Waals surface area contributed by atoms with E-state index < -0.39 is 17.7 Å². The minimum atomic E-state index is -0.700. The average Bonchev–Trinajstić information content (AvgIpc) is 3.40. The van der Waals surface area contributed by atoms with E-state index in [1.165, 1.54) is 26.4 Å². The molecule has 2 aromatic carbocycles. The number of hydrogen-bond acceptors (Lipinski definition) is 5. The van der Waals surface area contributed by atoms with Gasteiger partial charge in [-0.1, -0.05) is 54.8 Å². The number of hydrogen-bond donors (Lipinski definition) is 1. The van der Waals surface area contributed by atoms with Crippen LogP contribution < -0.4 is 9.47 Å². The maximum absolute atomic E-state index is 13.2. The molecule has 4 rings (SSSR count). The summed E-state index contributed by atoms with van der Waals surface area (Å²) in [6.45, 7) is 0. The third-order valence-corrected chi connectivity index (χ3v) is 6.34. The zero-order chi connectivity index (χ0) is 22.1. The Morgan fingerprint density at radius 1 is 1.03 bits per heavy atom. The molecule has 2 fully saturated rings. The summed E-state index contributed by atoms with van der Waals surface area (Å²) >= 11 is 6.20. The first kappa shape index (κ1) is 21.2. The summed E-state index contributed by atoms with van der Waals surface area (Å²) < 4.78 is 10.7. The molecule has 0 bridgehead atoms. The molecule has 1 aliphatic carbocycles. The van der Waals surface area contributed by atoms with E-state index in [1.807, 2.05) is 30.3 Å². The number of nitrogens with zero attached hydrogens (tertiary/aromatic N) is 1. The summed E-state index contributed by atoms with van der Waals surface area (Å²) in [6.07, 6.45) is 3.71. The fourth-order valence-electron chi connectivity index (χ4n) is 4.56. The smallest absolute Gasteiger partial charge is 0.295 e. The van der Waals surface area contributed by atoms with E-state index in [1.54, 1.807) is 4.90 Å². The molecule has 0 radical (unpaired) electrons. The minimum Gasteiger partial charge on any atom is -0.507 e. The number of likely N-dealkylation sites (tertiary alicyclic amines) is 1.